The van der Waals surface area contributed by atoms with Crippen molar-refractivity contribution in [2.75, 3.05) is 0 Å². The lowest BCUT2D eigenvalue weighted by atomic mass is 9.97. The van der Waals surface area contributed by atoms with E-state index in [0.717, 1.165) is 41.8 Å². The molecule has 5 heteroatoms. The summed E-state index contributed by atoms with van der Waals surface area (Å²) in [5.41, 5.74) is 1.08. The van der Waals surface area contributed by atoms with Crippen molar-refractivity contribution >= 4 is 0 Å². The van der Waals surface area contributed by atoms with Crippen LogP contribution in [0.5, 0.6) is 0 Å². The van der Waals surface area contributed by atoms with Gasteiger partial charge >= 0.3 is 0 Å². The molecule has 2 rings (SSSR count). The molecule has 2 aromatic heterocycles. The van der Waals surface area contributed by atoms with Crippen LogP contribution >= 0.6 is 0 Å². The summed E-state index contributed by atoms with van der Waals surface area (Å²) in [5, 5.41) is 4.53. The van der Waals surface area contributed by atoms with E-state index in [1.165, 1.54) is 0 Å². The van der Waals surface area contributed by atoms with Crippen LogP contribution in [0.15, 0.2) is 4.42 Å². The molecule has 0 aromatic carbocycles. The predicted molar refractivity (Wildman–Crippen MR) is 96.5 cm³/mol. The zero-order valence-corrected chi connectivity index (χ0v) is 16.4. The Morgan fingerprint density at radius 1 is 0.917 bits per heavy atom. The predicted octanol–water partition coefficient (Wildman–Crippen LogP) is 5.05. The van der Waals surface area contributed by atoms with Crippen molar-refractivity contribution in [2.45, 2.75) is 85.0 Å². The molecule has 24 heavy (non-hydrogen) atoms. The summed E-state index contributed by atoms with van der Waals surface area (Å²) >= 11 is 0. The zero-order valence-electron chi connectivity index (χ0n) is 16.4. The monoisotopic (exact) mass is 332 g/mol. The molecule has 2 heterocycles. The number of hydrogen-bond acceptors (Lipinski definition) is 4. The molecule has 0 aliphatic rings. The fraction of sp³-hybridized carbons (Fsp3) is 0.737. The van der Waals surface area contributed by atoms with Gasteiger partial charge in [0.1, 0.15) is 11.6 Å². The molecule has 0 aliphatic carbocycles. The maximum Gasteiger partial charge on any atom is 0.197 e. The van der Waals surface area contributed by atoms with Gasteiger partial charge in [-0.1, -0.05) is 41.5 Å². The van der Waals surface area contributed by atoms with Crippen molar-refractivity contribution in [1.82, 2.24) is 19.7 Å². The van der Waals surface area contributed by atoms with Crippen LogP contribution in [0, 0.1) is 6.92 Å². The molecule has 0 aliphatic heterocycles. The van der Waals surface area contributed by atoms with Crippen LogP contribution < -0.4 is 0 Å². The van der Waals surface area contributed by atoms with Crippen LogP contribution in [0.25, 0.3) is 0 Å². The van der Waals surface area contributed by atoms with Crippen molar-refractivity contribution in [1.29, 1.82) is 0 Å². The number of aromatic nitrogens is 4. The summed E-state index contributed by atoms with van der Waals surface area (Å²) in [6, 6.07) is 0. The molecule has 0 amide bonds. The summed E-state index contributed by atoms with van der Waals surface area (Å²) < 4.78 is 7.82. The molecule has 0 saturated heterocycles. The quantitative estimate of drug-likeness (QED) is 0.712. The SMILES string of the molecule is Cc1oc(C(C)CCC(C)c2nc(C(C)C)nn2C)nc1C(C)C. The zero-order chi connectivity index (χ0) is 18.0. The van der Waals surface area contributed by atoms with Crippen molar-refractivity contribution in [2.24, 2.45) is 7.05 Å². The largest absolute Gasteiger partial charge is 0.445 e. The van der Waals surface area contributed by atoms with Crippen LogP contribution in [-0.4, -0.2) is 19.7 Å². The third kappa shape index (κ3) is 4.05. The van der Waals surface area contributed by atoms with Crippen LogP contribution in [0.2, 0.25) is 0 Å². The molecule has 134 valence electrons. The number of nitrogens with zero attached hydrogens (tertiary/aromatic N) is 4. The maximum atomic E-state index is 5.89. The van der Waals surface area contributed by atoms with E-state index in [1.807, 2.05) is 18.7 Å². The van der Waals surface area contributed by atoms with Gasteiger partial charge in [-0.15, -0.1) is 0 Å². The highest BCUT2D eigenvalue weighted by molar-refractivity contribution is 5.13. The lowest BCUT2D eigenvalue weighted by molar-refractivity contribution is 0.414. The maximum absolute atomic E-state index is 5.89. The molecule has 5 nitrogen and oxygen atoms in total. The number of rotatable bonds is 7. The van der Waals surface area contributed by atoms with Gasteiger partial charge < -0.3 is 4.42 Å². The Kier molecular flexibility index (Phi) is 5.83. The van der Waals surface area contributed by atoms with Gasteiger partial charge in [0.15, 0.2) is 11.7 Å². The molecular weight excluding hydrogens is 300 g/mol. The standard InChI is InChI=1S/C19H32N4O/c1-11(2)16-15(7)24-19(20-16)14(6)10-9-13(5)18-21-17(12(3)4)22-23(18)8/h11-14H,9-10H2,1-8H3. The van der Waals surface area contributed by atoms with Crippen molar-refractivity contribution < 1.29 is 4.42 Å². The molecule has 0 N–H and O–H groups in total. The lowest BCUT2D eigenvalue weighted by Crippen LogP contribution is -2.06. The van der Waals surface area contributed by atoms with Crippen molar-refractivity contribution in [3.05, 3.63) is 29.0 Å². The fourth-order valence-corrected chi connectivity index (χ4v) is 3.02. The highest BCUT2D eigenvalue weighted by atomic mass is 16.4. The Morgan fingerprint density at radius 3 is 2.04 bits per heavy atom. The highest BCUT2D eigenvalue weighted by Crippen LogP contribution is 2.29. The van der Waals surface area contributed by atoms with E-state index in [4.69, 9.17) is 14.4 Å². The van der Waals surface area contributed by atoms with Gasteiger partial charge in [-0.2, -0.15) is 5.10 Å². The van der Waals surface area contributed by atoms with Gasteiger partial charge in [0.2, 0.25) is 0 Å². The second-order valence-corrected chi connectivity index (χ2v) is 7.63. The average Bonchev–Trinajstić information content (AvgIpc) is 3.07. The van der Waals surface area contributed by atoms with E-state index in [-0.39, 0.29) is 0 Å². The molecule has 0 saturated carbocycles. The van der Waals surface area contributed by atoms with Gasteiger partial charge in [-0.3, -0.25) is 4.68 Å². The summed E-state index contributed by atoms with van der Waals surface area (Å²) in [6.45, 7) is 15.0. The van der Waals surface area contributed by atoms with Crippen LogP contribution in [0.4, 0.5) is 0 Å². The number of aryl methyl sites for hydroxylation is 2. The fourth-order valence-electron chi connectivity index (χ4n) is 3.02. The topological polar surface area (TPSA) is 56.7 Å². The summed E-state index contributed by atoms with van der Waals surface area (Å²) in [5.74, 6) is 5.27. The van der Waals surface area contributed by atoms with Crippen LogP contribution in [0.1, 0.15) is 107 Å². The highest BCUT2D eigenvalue weighted by Gasteiger charge is 2.21. The minimum Gasteiger partial charge on any atom is -0.445 e. The Bertz CT molecular complexity index is 669. The first-order chi connectivity index (χ1) is 11.2. The van der Waals surface area contributed by atoms with Gasteiger partial charge in [0.05, 0.1) is 5.69 Å². The van der Waals surface area contributed by atoms with E-state index in [0.29, 0.717) is 23.7 Å². The third-order valence-electron chi connectivity index (χ3n) is 4.62. The minimum atomic E-state index is 0.316. The first-order valence-electron chi connectivity index (χ1n) is 9.08. The van der Waals surface area contributed by atoms with E-state index < -0.39 is 0 Å². The van der Waals surface area contributed by atoms with Gasteiger partial charge in [0, 0.05) is 24.8 Å². The molecule has 2 atom stereocenters. The van der Waals surface area contributed by atoms with Crippen LogP contribution in [0.3, 0.4) is 0 Å². The Labute approximate surface area is 145 Å². The number of oxazole rings is 1. The van der Waals surface area contributed by atoms with E-state index in [2.05, 4.69) is 46.6 Å². The molecule has 0 bridgehead atoms. The second-order valence-electron chi connectivity index (χ2n) is 7.63. The molecular formula is C19H32N4O. The first-order valence-corrected chi connectivity index (χ1v) is 9.08. The molecule has 0 radical (unpaired) electrons. The van der Waals surface area contributed by atoms with E-state index >= 15 is 0 Å². The number of hydrogen-bond donors (Lipinski definition) is 0. The van der Waals surface area contributed by atoms with Gasteiger partial charge in [-0.05, 0) is 25.7 Å². The molecule has 2 aromatic rings. The Morgan fingerprint density at radius 2 is 1.54 bits per heavy atom. The third-order valence-corrected chi connectivity index (χ3v) is 4.62. The van der Waals surface area contributed by atoms with Crippen molar-refractivity contribution in [3.63, 3.8) is 0 Å². The van der Waals surface area contributed by atoms with Crippen LogP contribution in [-0.2, 0) is 7.05 Å². The normalized spacial score (nSPS) is 14.6. The minimum absolute atomic E-state index is 0.316. The van der Waals surface area contributed by atoms with Gasteiger partial charge in [0.25, 0.3) is 0 Å². The molecule has 2 unspecified atom stereocenters. The van der Waals surface area contributed by atoms with Gasteiger partial charge in [-0.25, -0.2) is 9.97 Å². The van der Waals surface area contributed by atoms with E-state index in [9.17, 15) is 0 Å². The average molecular weight is 332 g/mol. The van der Waals surface area contributed by atoms with Crippen molar-refractivity contribution in [3.8, 4) is 0 Å². The summed E-state index contributed by atoms with van der Waals surface area (Å²) in [7, 11) is 1.99. The summed E-state index contributed by atoms with van der Waals surface area (Å²) in [4.78, 5) is 9.42. The lowest BCUT2D eigenvalue weighted by Gasteiger charge is -2.13. The smallest absolute Gasteiger partial charge is 0.197 e. The molecule has 0 fully saturated rings. The Hall–Kier alpha value is -1.65. The van der Waals surface area contributed by atoms with E-state index in [1.54, 1.807) is 0 Å². The second kappa shape index (κ2) is 7.49. The first kappa shape index (κ1) is 18.7. The Balaban J connectivity index is 2.00. The summed E-state index contributed by atoms with van der Waals surface area (Å²) in [6.07, 6.45) is 2.08. The molecule has 0 spiro atoms.